The maximum atomic E-state index is 12.2. The standard InChI is InChI=1S/C21H28N6O2/c1-26-8-10-27(11-9-26)18-6-4-17(5-7-18)25-21-23-13-16(14-24-21)20(28)22-15-19-3-2-12-29-19/h4-7,13-14,19H,2-3,8-12,15H2,1H3,(H,22,28)(H,23,24,25). The molecule has 8 nitrogen and oxygen atoms in total. The molecule has 2 aromatic rings. The number of anilines is 3. The second-order valence-electron chi connectivity index (χ2n) is 7.60. The van der Waals surface area contributed by atoms with Crippen LogP contribution in [0.4, 0.5) is 17.3 Å². The van der Waals surface area contributed by atoms with Gasteiger partial charge in [-0.3, -0.25) is 4.79 Å². The van der Waals surface area contributed by atoms with Crippen LogP contribution in [0.2, 0.25) is 0 Å². The number of benzene rings is 1. The lowest BCUT2D eigenvalue weighted by molar-refractivity contribution is 0.0857. The summed E-state index contributed by atoms with van der Waals surface area (Å²) >= 11 is 0. The lowest BCUT2D eigenvalue weighted by Gasteiger charge is -2.34. The number of likely N-dealkylation sites (N-methyl/N-ethyl adjacent to an activating group) is 1. The van der Waals surface area contributed by atoms with Gasteiger partial charge in [0.25, 0.3) is 5.91 Å². The van der Waals surface area contributed by atoms with E-state index in [1.165, 1.54) is 5.69 Å². The average molecular weight is 396 g/mol. The van der Waals surface area contributed by atoms with E-state index in [0.29, 0.717) is 18.1 Å². The van der Waals surface area contributed by atoms with Crippen molar-refractivity contribution in [1.29, 1.82) is 0 Å². The van der Waals surface area contributed by atoms with Crippen LogP contribution in [0.3, 0.4) is 0 Å². The number of rotatable bonds is 6. The summed E-state index contributed by atoms with van der Waals surface area (Å²) in [6, 6.07) is 8.28. The molecule has 0 spiro atoms. The maximum absolute atomic E-state index is 12.2. The van der Waals surface area contributed by atoms with Crippen LogP contribution in [0.15, 0.2) is 36.7 Å². The van der Waals surface area contributed by atoms with Crippen molar-refractivity contribution in [3.8, 4) is 0 Å². The van der Waals surface area contributed by atoms with Crippen LogP contribution in [0.25, 0.3) is 0 Å². The normalized spacial score (nSPS) is 19.9. The molecule has 29 heavy (non-hydrogen) atoms. The summed E-state index contributed by atoms with van der Waals surface area (Å²) in [5.41, 5.74) is 2.58. The van der Waals surface area contributed by atoms with Crippen molar-refractivity contribution in [3.05, 3.63) is 42.2 Å². The first kappa shape index (κ1) is 19.6. The smallest absolute Gasteiger partial charge is 0.254 e. The van der Waals surface area contributed by atoms with Crippen molar-refractivity contribution in [2.75, 3.05) is 56.6 Å². The molecule has 2 aliphatic heterocycles. The molecule has 0 bridgehead atoms. The number of piperazine rings is 1. The molecule has 2 N–H and O–H groups in total. The summed E-state index contributed by atoms with van der Waals surface area (Å²) in [7, 11) is 2.16. The van der Waals surface area contributed by atoms with Crippen molar-refractivity contribution < 1.29 is 9.53 Å². The van der Waals surface area contributed by atoms with Gasteiger partial charge in [0.1, 0.15) is 0 Å². The van der Waals surface area contributed by atoms with E-state index in [-0.39, 0.29) is 12.0 Å². The fraction of sp³-hybridized carbons (Fsp3) is 0.476. The van der Waals surface area contributed by atoms with Gasteiger partial charge in [-0.1, -0.05) is 0 Å². The highest BCUT2D eigenvalue weighted by Crippen LogP contribution is 2.21. The Morgan fingerprint density at radius 3 is 2.52 bits per heavy atom. The molecule has 1 aromatic carbocycles. The Hall–Kier alpha value is -2.71. The first-order valence-corrected chi connectivity index (χ1v) is 10.2. The highest BCUT2D eigenvalue weighted by atomic mass is 16.5. The van der Waals surface area contributed by atoms with E-state index in [1.54, 1.807) is 12.4 Å². The first-order chi connectivity index (χ1) is 14.2. The Balaban J connectivity index is 1.29. The summed E-state index contributed by atoms with van der Waals surface area (Å²) in [4.78, 5) is 25.5. The van der Waals surface area contributed by atoms with Gasteiger partial charge < -0.3 is 25.2 Å². The van der Waals surface area contributed by atoms with E-state index in [0.717, 1.165) is 51.3 Å². The van der Waals surface area contributed by atoms with Crippen molar-refractivity contribution in [1.82, 2.24) is 20.2 Å². The van der Waals surface area contributed by atoms with E-state index < -0.39 is 0 Å². The molecular weight excluding hydrogens is 368 g/mol. The van der Waals surface area contributed by atoms with Gasteiger partial charge in [-0.05, 0) is 44.2 Å². The van der Waals surface area contributed by atoms with Gasteiger partial charge in [0, 0.05) is 63.1 Å². The SMILES string of the molecule is CN1CCN(c2ccc(Nc3ncc(C(=O)NCC4CCCO4)cn3)cc2)CC1. The Morgan fingerprint density at radius 2 is 1.86 bits per heavy atom. The zero-order valence-corrected chi connectivity index (χ0v) is 16.8. The Morgan fingerprint density at radius 1 is 1.14 bits per heavy atom. The van der Waals surface area contributed by atoms with E-state index in [2.05, 4.69) is 49.6 Å². The number of hydrogen-bond acceptors (Lipinski definition) is 7. The first-order valence-electron chi connectivity index (χ1n) is 10.2. The van der Waals surface area contributed by atoms with Gasteiger partial charge in [-0.2, -0.15) is 0 Å². The number of aromatic nitrogens is 2. The molecule has 8 heteroatoms. The zero-order chi connectivity index (χ0) is 20.1. The number of hydrogen-bond donors (Lipinski definition) is 2. The molecule has 0 radical (unpaired) electrons. The van der Waals surface area contributed by atoms with E-state index in [1.807, 2.05) is 12.1 Å². The molecule has 2 fully saturated rings. The second-order valence-corrected chi connectivity index (χ2v) is 7.60. The molecule has 1 atom stereocenters. The number of carbonyl (C=O) groups excluding carboxylic acids is 1. The molecule has 1 unspecified atom stereocenters. The van der Waals surface area contributed by atoms with Crippen LogP contribution in [-0.2, 0) is 4.74 Å². The number of nitrogens with zero attached hydrogens (tertiary/aromatic N) is 4. The van der Waals surface area contributed by atoms with Crippen molar-refractivity contribution in [2.45, 2.75) is 18.9 Å². The topological polar surface area (TPSA) is 82.6 Å². The molecule has 0 saturated carbocycles. The Bertz CT molecular complexity index is 797. The fourth-order valence-corrected chi connectivity index (χ4v) is 3.57. The minimum atomic E-state index is -0.177. The van der Waals surface area contributed by atoms with Crippen LogP contribution < -0.4 is 15.5 Å². The van der Waals surface area contributed by atoms with Crippen molar-refractivity contribution >= 4 is 23.2 Å². The minimum absolute atomic E-state index is 0.120. The third kappa shape index (κ3) is 5.21. The second kappa shape index (κ2) is 9.19. The number of amides is 1. The summed E-state index contributed by atoms with van der Waals surface area (Å²) in [5, 5.41) is 6.06. The predicted molar refractivity (Wildman–Crippen MR) is 113 cm³/mol. The predicted octanol–water partition coefficient (Wildman–Crippen LogP) is 1.88. The summed E-state index contributed by atoms with van der Waals surface area (Å²) in [6.45, 7) is 5.56. The lowest BCUT2D eigenvalue weighted by atomic mass is 10.2. The van der Waals surface area contributed by atoms with E-state index in [9.17, 15) is 4.79 Å². The van der Waals surface area contributed by atoms with Gasteiger partial charge in [-0.15, -0.1) is 0 Å². The Labute approximate surface area is 171 Å². The van der Waals surface area contributed by atoms with E-state index >= 15 is 0 Å². The fourth-order valence-electron chi connectivity index (χ4n) is 3.57. The van der Waals surface area contributed by atoms with Crippen LogP contribution >= 0.6 is 0 Å². The zero-order valence-electron chi connectivity index (χ0n) is 16.8. The van der Waals surface area contributed by atoms with Crippen LogP contribution in [0, 0.1) is 0 Å². The molecule has 1 aromatic heterocycles. The lowest BCUT2D eigenvalue weighted by Crippen LogP contribution is -2.44. The summed E-state index contributed by atoms with van der Waals surface area (Å²) in [6.07, 6.45) is 5.25. The van der Waals surface area contributed by atoms with Crippen molar-refractivity contribution in [3.63, 3.8) is 0 Å². The molecule has 3 heterocycles. The highest BCUT2D eigenvalue weighted by Gasteiger charge is 2.17. The number of ether oxygens (including phenoxy) is 1. The minimum Gasteiger partial charge on any atom is -0.376 e. The molecular formula is C21H28N6O2. The average Bonchev–Trinajstić information content (AvgIpc) is 3.27. The molecule has 2 aliphatic rings. The molecule has 154 valence electrons. The number of nitrogens with one attached hydrogen (secondary N) is 2. The van der Waals surface area contributed by atoms with Crippen molar-refractivity contribution in [2.24, 2.45) is 0 Å². The Kier molecular flexibility index (Phi) is 6.21. The summed E-state index contributed by atoms with van der Waals surface area (Å²) < 4.78 is 5.52. The van der Waals surface area contributed by atoms with E-state index in [4.69, 9.17) is 4.74 Å². The molecule has 0 aliphatic carbocycles. The van der Waals surface area contributed by atoms with Gasteiger partial charge in [-0.25, -0.2) is 9.97 Å². The van der Waals surface area contributed by atoms with Crippen LogP contribution in [0.1, 0.15) is 23.2 Å². The molecule has 2 saturated heterocycles. The maximum Gasteiger partial charge on any atom is 0.254 e. The van der Waals surface area contributed by atoms with Gasteiger partial charge >= 0.3 is 0 Å². The third-order valence-electron chi connectivity index (χ3n) is 5.42. The summed E-state index contributed by atoms with van der Waals surface area (Å²) in [5.74, 6) is 0.289. The third-order valence-corrected chi connectivity index (χ3v) is 5.42. The van der Waals surface area contributed by atoms with Gasteiger partial charge in [0.2, 0.25) is 5.95 Å². The monoisotopic (exact) mass is 396 g/mol. The quantitative estimate of drug-likeness (QED) is 0.771. The van der Waals surface area contributed by atoms with Crippen LogP contribution in [0.5, 0.6) is 0 Å². The molecule has 4 rings (SSSR count). The van der Waals surface area contributed by atoms with Crippen LogP contribution in [-0.4, -0.2) is 73.3 Å². The number of carbonyl (C=O) groups is 1. The molecule has 1 amide bonds. The highest BCUT2D eigenvalue weighted by molar-refractivity contribution is 5.93. The largest absolute Gasteiger partial charge is 0.376 e. The van der Waals surface area contributed by atoms with Gasteiger partial charge in [0.05, 0.1) is 11.7 Å². The van der Waals surface area contributed by atoms with Gasteiger partial charge in [0.15, 0.2) is 0 Å².